The van der Waals surface area contributed by atoms with Gasteiger partial charge in [-0.2, -0.15) is 0 Å². The van der Waals surface area contributed by atoms with Gasteiger partial charge < -0.3 is 14.6 Å². The number of hydrogen-bond donors (Lipinski definition) is 1. The molecule has 2 aliphatic rings. The molecule has 2 aromatic rings. The van der Waals surface area contributed by atoms with Crippen molar-refractivity contribution in [1.29, 1.82) is 0 Å². The second-order valence-corrected chi connectivity index (χ2v) is 10.2. The third-order valence-electron chi connectivity index (χ3n) is 7.55. The molecule has 0 bridgehead atoms. The number of aliphatic hydroxyl groups excluding tert-OH is 1. The van der Waals surface area contributed by atoms with Crippen LogP contribution in [0.4, 0.5) is 0 Å². The van der Waals surface area contributed by atoms with Crippen molar-refractivity contribution in [3.63, 3.8) is 0 Å². The highest BCUT2D eigenvalue weighted by molar-refractivity contribution is 5.84. The highest BCUT2D eigenvalue weighted by Crippen LogP contribution is 2.28. The highest BCUT2D eigenvalue weighted by Gasteiger charge is 2.34. The maximum absolute atomic E-state index is 9.77. The molecule has 0 saturated carbocycles. The average molecular weight is 427 g/mol. The molecule has 4 rings (SSSR count). The third-order valence-corrected chi connectivity index (χ3v) is 7.55. The van der Waals surface area contributed by atoms with Crippen molar-refractivity contribution >= 4 is 10.9 Å². The normalized spacial score (nSPS) is 22.9. The lowest BCUT2D eigenvalue weighted by Crippen LogP contribution is -2.58. The van der Waals surface area contributed by atoms with Crippen LogP contribution in [-0.4, -0.2) is 81.8 Å². The Morgan fingerprint density at radius 3 is 2.39 bits per heavy atom. The number of piperidine rings is 1. The van der Waals surface area contributed by atoms with Gasteiger partial charge in [0, 0.05) is 74.1 Å². The first-order valence-electron chi connectivity index (χ1n) is 12.4. The summed E-state index contributed by atoms with van der Waals surface area (Å²) in [5.41, 5.74) is 2.78. The molecule has 5 heteroatoms. The average Bonchev–Trinajstić information content (AvgIpc) is 3.13. The number of rotatable bonds is 7. The summed E-state index contributed by atoms with van der Waals surface area (Å²) in [4.78, 5) is 7.96. The Balaban J connectivity index is 1.44. The van der Waals surface area contributed by atoms with Crippen LogP contribution < -0.4 is 0 Å². The minimum atomic E-state index is 0.284. The maximum atomic E-state index is 9.77. The van der Waals surface area contributed by atoms with Gasteiger partial charge in [0.05, 0.1) is 0 Å². The molecule has 0 amide bonds. The zero-order valence-electron chi connectivity index (χ0n) is 20.0. The van der Waals surface area contributed by atoms with Crippen molar-refractivity contribution in [3.8, 4) is 0 Å². The molecule has 0 unspecified atom stereocenters. The van der Waals surface area contributed by atoms with Crippen molar-refractivity contribution in [2.75, 3.05) is 39.3 Å². The van der Waals surface area contributed by atoms with E-state index in [2.05, 4.69) is 77.4 Å². The van der Waals surface area contributed by atoms with Crippen LogP contribution in [0.25, 0.3) is 10.9 Å². The molecule has 0 spiro atoms. The Kier molecular flexibility index (Phi) is 7.37. The smallest absolute Gasteiger partial charge is 0.0486 e. The molecule has 5 nitrogen and oxygen atoms in total. The summed E-state index contributed by atoms with van der Waals surface area (Å²) in [6.45, 7) is 16.2. The molecule has 1 N–H and O–H groups in total. The van der Waals surface area contributed by atoms with Gasteiger partial charge in [0.15, 0.2) is 0 Å². The second kappa shape index (κ2) is 10.0. The Labute approximate surface area is 188 Å². The SMILES string of the molecule is CC(C)N1CCC(N2CCN(Cc3cn(C(C)C)c4ccccc34)C[C@@H]2CCO)CC1. The number of nitrogens with zero attached hydrogens (tertiary/aromatic N) is 4. The van der Waals surface area contributed by atoms with E-state index in [1.807, 2.05) is 0 Å². The van der Waals surface area contributed by atoms with Gasteiger partial charge in [-0.3, -0.25) is 9.80 Å². The quantitative estimate of drug-likeness (QED) is 0.727. The van der Waals surface area contributed by atoms with Gasteiger partial charge in [0.25, 0.3) is 0 Å². The predicted octanol–water partition coefficient (Wildman–Crippen LogP) is 3.96. The van der Waals surface area contributed by atoms with Crippen molar-refractivity contribution < 1.29 is 5.11 Å². The van der Waals surface area contributed by atoms with Crippen molar-refractivity contribution in [3.05, 3.63) is 36.0 Å². The van der Waals surface area contributed by atoms with Crippen LogP contribution in [0.15, 0.2) is 30.5 Å². The number of aliphatic hydroxyl groups is 1. The summed E-state index contributed by atoms with van der Waals surface area (Å²) >= 11 is 0. The van der Waals surface area contributed by atoms with Gasteiger partial charge >= 0.3 is 0 Å². The van der Waals surface area contributed by atoms with E-state index in [-0.39, 0.29) is 6.61 Å². The van der Waals surface area contributed by atoms with E-state index in [1.165, 1.54) is 42.4 Å². The molecule has 0 aliphatic carbocycles. The fourth-order valence-corrected chi connectivity index (χ4v) is 5.77. The van der Waals surface area contributed by atoms with Crippen LogP contribution in [0.1, 0.15) is 58.6 Å². The zero-order chi connectivity index (χ0) is 22.0. The molecular formula is C26H42N4O. The fraction of sp³-hybridized carbons (Fsp3) is 0.692. The van der Waals surface area contributed by atoms with Crippen LogP contribution in [0.2, 0.25) is 0 Å². The molecule has 2 saturated heterocycles. The van der Waals surface area contributed by atoms with Gasteiger partial charge in [-0.25, -0.2) is 0 Å². The number of para-hydroxylation sites is 1. The molecular weight excluding hydrogens is 384 g/mol. The van der Waals surface area contributed by atoms with Gasteiger partial charge in [-0.1, -0.05) is 18.2 Å². The number of benzene rings is 1. The lowest BCUT2D eigenvalue weighted by atomic mass is 9.97. The molecule has 2 fully saturated rings. The molecule has 31 heavy (non-hydrogen) atoms. The van der Waals surface area contributed by atoms with Gasteiger partial charge in [-0.05, 0) is 71.7 Å². The van der Waals surface area contributed by atoms with E-state index in [0.29, 0.717) is 24.2 Å². The molecule has 2 aliphatic heterocycles. The summed E-state index contributed by atoms with van der Waals surface area (Å²) in [5, 5.41) is 11.2. The number of piperazine rings is 1. The lowest BCUT2D eigenvalue weighted by molar-refractivity contribution is 0.0000587. The Morgan fingerprint density at radius 2 is 1.71 bits per heavy atom. The molecule has 1 aromatic heterocycles. The highest BCUT2D eigenvalue weighted by atomic mass is 16.3. The first-order valence-corrected chi connectivity index (χ1v) is 12.4. The number of fused-ring (bicyclic) bond motifs is 1. The molecule has 0 radical (unpaired) electrons. The monoisotopic (exact) mass is 426 g/mol. The Morgan fingerprint density at radius 1 is 0.968 bits per heavy atom. The third kappa shape index (κ3) is 5.00. The summed E-state index contributed by atoms with van der Waals surface area (Å²) in [5.74, 6) is 0. The van der Waals surface area contributed by atoms with Crippen molar-refractivity contribution in [2.24, 2.45) is 0 Å². The Hall–Kier alpha value is -1.40. The van der Waals surface area contributed by atoms with E-state index in [4.69, 9.17) is 0 Å². The number of likely N-dealkylation sites (tertiary alicyclic amines) is 1. The second-order valence-electron chi connectivity index (χ2n) is 10.2. The van der Waals surface area contributed by atoms with E-state index < -0.39 is 0 Å². The van der Waals surface area contributed by atoms with Gasteiger partial charge in [-0.15, -0.1) is 0 Å². The van der Waals surface area contributed by atoms with E-state index in [1.54, 1.807) is 0 Å². The maximum Gasteiger partial charge on any atom is 0.0486 e. The molecule has 1 aromatic carbocycles. The molecule has 172 valence electrons. The topological polar surface area (TPSA) is 34.9 Å². The van der Waals surface area contributed by atoms with Crippen LogP contribution in [-0.2, 0) is 6.54 Å². The lowest BCUT2D eigenvalue weighted by Gasteiger charge is -2.48. The summed E-state index contributed by atoms with van der Waals surface area (Å²) < 4.78 is 2.41. The largest absolute Gasteiger partial charge is 0.396 e. The first-order chi connectivity index (χ1) is 15.0. The summed E-state index contributed by atoms with van der Waals surface area (Å²) in [7, 11) is 0. The van der Waals surface area contributed by atoms with Crippen LogP contribution >= 0.6 is 0 Å². The van der Waals surface area contributed by atoms with Crippen molar-refractivity contribution in [1.82, 2.24) is 19.3 Å². The molecule has 1 atom stereocenters. The fourth-order valence-electron chi connectivity index (χ4n) is 5.77. The zero-order valence-corrected chi connectivity index (χ0v) is 20.0. The first kappa shape index (κ1) is 22.8. The van der Waals surface area contributed by atoms with Crippen LogP contribution in [0.3, 0.4) is 0 Å². The molecule has 3 heterocycles. The predicted molar refractivity (Wildman–Crippen MR) is 130 cm³/mol. The van der Waals surface area contributed by atoms with Crippen LogP contribution in [0.5, 0.6) is 0 Å². The number of hydrogen-bond acceptors (Lipinski definition) is 4. The summed E-state index contributed by atoms with van der Waals surface area (Å²) in [6.07, 6.45) is 5.78. The standard InChI is InChI=1S/C26H42N4O/c1-20(2)28-12-9-23(10-13-28)29-15-14-27(19-24(29)11-16-31)17-22-18-30(21(3)4)26-8-6-5-7-25(22)26/h5-8,18,20-21,23-24,31H,9-17,19H2,1-4H3/t24-/m0/s1. The number of aromatic nitrogens is 1. The summed E-state index contributed by atoms with van der Waals surface area (Å²) in [6, 6.07) is 11.1. The Bertz CT molecular complexity index is 837. The van der Waals surface area contributed by atoms with Crippen LogP contribution in [0, 0.1) is 0 Å². The van der Waals surface area contributed by atoms with E-state index >= 15 is 0 Å². The van der Waals surface area contributed by atoms with Crippen molar-refractivity contribution in [2.45, 2.75) is 77.7 Å². The van der Waals surface area contributed by atoms with Gasteiger partial charge in [0.1, 0.15) is 0 Å². The van der Waals surface area contributed by atoms with E-state index in [9.17, 15) is 5.11 Å². The van der Waals surface area contributed by atoms with E-state index in [0.717, 1.165) is 32.6 Å². The minimum absolute atomic E-state index is 0.284. The minimum Gasteiger partial charge on any atom is -0.396 e. The van der Waals surface area contributed by atoms with Gasteiger partial charge in [0.2, 0.25) is 0 Å².